The van der Waals surface area contributed by atoms with Crippen LogP contribution in [0.1, 0.15) is 21.5 Å². The van der Waals surface area contributed by atoms with Crippen LogP contribution in [-0.4, -0.2) is 32.7 Å². The summed E-state index contributed by atoms with van der Waals surface area (Å²) in [6, 6.07) is 10.1. The highest BCUT2D eigenvalue weighted by molar-refractivity contribution is 7.50. The predicted molar refractivity (Wildman–Crippen MR) is 121 cm³/mol. The Labute approximate surface area is 196 Å². The van der Waals surface area contributed by atoms with Crippen LogP contribution in [-0.2, 0) is 16.9 Å². The van der Waals surface area contributed by atoms with Gasteiger partial charge < -0.3 is 25.7 Å². The van der Waals surface area contributed by atoms with E-state index >= 15 is 0 Å². The molecule has 9 nitrogen and oxygen atoms in total. The number of aromatic nitrogens is 2. The quantitative estimate of drug-likeness (QED) is 0.286. The van der Waals surface area contributed by atoms with Gasteiger partial charge in [0.15, 0.2) is 0 Å². The van der Waals surface area contributed by atoms with Crippen LogP contribution in [0.15, 0.2) is 48.7 Å². The largest absolute Gasteiger partial charge is 0.421 e. The normalized spacial score (nSPS) is 11.7. The van der Waals surface area contributed by atoms with Crippen LogP contribution < -0.4 is 16.0 Å². The molecule has 0 spiro atoms. The number of para-hydroxylation sites is 1. The van der Waals surface area contributed by atoms with Crippen LogP contribution in [0.3, 0.4) is 0 Å². The van der Waals surface area contributed by atoms with Crippen molar-refractivity contribution in [2.75, 3.05) is 17.7 Å². The van der Waals surface area contributed by atoms with E-state index in [1.165, 1.54) is 37.4 Å². The van der Waals surface area contributed by atoms with Gasteiger partial charge in [-0.3, -0.25) is 9.36 Å². The molecular formula is C20H18ClF3N5O4P. The van der Waals surface area contributed by atoms with Crippen molar-refractivity contribution in [1.82, 2.24) is 15.3 Å². The summed E-state index contributed by atoms with van der Waals surface area (Å²) in [5.41, 5.74) is -0.488. The lowest BCUT2D eigenvalue weighted by atomic mass is 10.1. The number of halogens is 4. The monoisotopic (exact) mass is 515 g/mol. The van der Waals surface area contributed by atoms with E-state index in [9.17, 15) is 22.5 Å². The van der Waals surface area contributed by atoms with E-state index in [4.69, 9.17) is 21.4 Å². The number of nitrogens with one attached hydrogen (secondary N) is 3. The van der Waals surface area contributed by atoms with Gasteiger partial charge in [0, 0.05) is 13.2 Å². The Bertz CT molecular complexity index is 1270. The number of anilines is 4. The van der Waals surface area contributed by atoms with Crippen molar-refractivity contribution in [1.29, 1.82) is 0 Å². The van der Waals surface area contributed by atoms with E-state index in [1.807, 2.05) is 0 Å². The molecular weight excluding hydrogens is 498 g/mol. The molecule has 0 fully saturated rings. The molecule has 14 heteroatoms. The van der Waals surface area contributed by atoms with E-state index < -0.39 is 37.2 Å². The van der Waals surface area contributed by atoms with Crippen LogP contribution in [0.4, 0.5) is 36.3 Å². The number of hydrogen-bond acceptors (Lipinski definition) is 6. The third kappa shape index (κ3) is 6.45. The lowest BCUT2D eigenvalue weighted by Crippen LogP contribution is -2.20. The SMILES string of the molecule is CNC(=O)c1ccccc1Nc1nc(Nc2ccc(CP(=O)(O)O)cc2Cl)ncc1C(F)(F)F. The van der Waals surface area contributed by atoms with Crippen molar-refractivity contribution in [3.05, 3.63) is 70.4 Å². The fraction of sp³-hybridized carbons (Fsp3) is 0.150. The van der Waals surface area contributed by atoms with Gasteiger partial charge in [-0.25, -0.2) is 4.98 Å². The zero-order valence-electron chi connectivity index (χ0n) is 17.4. The number of rotatable bonds is 7. The first-order chi connectivity index (χ1) is 15.9. The Morgan fingerprint density at radius 2 is 1.82 bits per heavy atom. The molecule has 0 aliphatic rings. The van der Waals surface area contributed by atoms with Gasteiger partial charge in [-0.1, -0.05) is 29.8 Å². The number of amides is 1. The fourth-order valence-corrected chi connectivity index (χ4v) is 3.84. The molecule has 1 aromatic heterocycles. The molecule has 34 heavy (non-hydrogen) atoms. The van der Waals surface area contributed by atoms with Gasteiger partial charge in [-0.2, -0.15) is 18.2 Å². The second kappa shape index (κ2) is 9.98. The van der Waals surface area contributed by atoms with Gasteiger partial charge in [0.05, 0.1) is 28.1 Å². The third-order valence-corrected chi connectivity index (χ3v) is 5.50. The summed E-state index contributed by atoms with van der Waals surface area (Å²) in [6.07, 6.45) is -4.73. The third-order valence-electron chi connectivity index (χ3n) is 4.41. The molecule has 0 bridgehead atoms. The van der Waals surface area contributed by atoms with Crippen molar-refractivity contribution in [3.8, 4) is 0 Å². The standard InChI is InChI=1S/C20H18ClF3N5O4P/c1-25-18(30)12-4-2-3-5-15(12)27-17-13(20(22,23)24)9-26-19(29-17)28-16-7-6-11(8-14(16)21)10-34(31,32)33/h2-9H,10H2,1H3,(H,25,30)(H2,31,32,33)(H2,26,27,28,29). The summed E-state index contributed by atoms with van der Waals surface area (Å²) in [5.74, 6) is -1.35. The van der Waals surface area contributed by atoms with Crippen LogP contribution >= 0.6 is 19.2 Å². The van der Waals surface area contributed by atoms with Crippen LogP contribution in [0.2, 0.25) is 5.02 Å². The van der Waals surface area contributed by atoms with E-state index in [1.54, 1.807) is 12.1 Å². The summed E-state index contributed by atoms with van der Waals surface area (Å²) >= 11 is 6.14. The molecule has 0 saturated heterocycles. The number of alkyl halides is 3. The van der Waals surface area contributed by atoms with Crippen molar-refractivity contribution < 1.29 is 32.3 Å². The minimum Gasteiger partial charge on any atom is -0.355 e. The topological polar surface area (TPSA) is 136 Å². The number of hydrogen-bond donors (Lipinski definition) is 5. The molecule has 2 aromatic carbocycles. The summed E-state index contributed by atoms with van der Waals surface area (Å²) in [6.45, 7) is 0. The molecule has 3 aromatic rings. The van der Waals surface area contributed by atoms with Gasteiger partial charge in [-0.15, -0.1) is 0 Å². The second-order valence-corrected chi connectivity index (χ2v) is 9.02. The average Bonchev–Trinajstić information content (AvgIpc) is 2.74. The van der Waals surface area contributed by atoms with Gasteiger partial charge >= 0.3 is 13.8 Å². The molecule has 180 valence electrons. The van der Waals surface area contributed by atoms with Crippen LogP contribution in [0, 0.1) is 0 Å². The van der Waals surface area contributed by atoms with Gasteiger partial charge in [0.1, 0.15) is 11.4 Å². The number of carbonyl (C=O) groups excluding carboxylic acids is 1. The molecule has 1 amide bonds. The van der Waals surface area contributed by atoms with Crippen molar-refractivity contribution in [2.24, 2.45) is 0 Å². The van der Waals surface area contributed by atoms with Crippen molar-refractivity contribution >= 4 is 48.2 Å². The smallest absolute Gasteiger partial charge is 0.355 e. The first-order valence-electron chi connectivity index (χ1n) is 9.50. The highest BCUT2D eigenvalue weighted by atomic mass is 35.5. The summed E-state index contributed by atoms with van der Waals surface area (Å²) < 4.78 is 51.9. The van der Waals surface area contributed by atoms with Gasteiger partial charge in [0.25, 0.3) is 5.91 Å². The molecule has 5 N–H and O–H groups in total. The molecule has 3 rings (SSSR count). The molecule has 0 aliphatic heterocycles. The highest BCUT2D eigenvalue weighted by Crippen LogP contribution is 2.40. The minimum absolute atomic E-state index is 0.0499. The number of carbonyl (C=O) groups is 1. The van der Waals surface area contributed by atoms with E-state index in [0.29, 0.717) is 6.20 Å². The average molecular weight is 516 g/mol. The van der Waals surface area contributed by atoms with E-state index in [2.05, 4.69) is 25.9 Å². The Hall–Kier alpha value is -3.18. The van der Waals surface area contributed by atoms with E-state index in [0.717, 1.165) is 0 Å². The van der Waals surface area contributed by atoms with E-state index in [-0.39, 0.29) is 33.5 Å². The molecule has 0 atom stereocenters. The summed E-state index contributed by atoms with van der Waals surface area (Å²) in [7, 11) is -2.92. The highest BCUT2D eigenvalue weighted by Gasteiger charge is 2.35. The Balaban J connectivity index is 1.96. The van der Waals surface area contributed by atoms with Gasteiger partial charge in [0.2, 0.25) is 5.95 Å². The Morgan fingerprint density at radius 3 is 2.44 bits per heavy atom. The predicted octanol–water partition coefficient (Wildman–Crippen LogP) is 4.67. The lowest BCUT2D eigenvalue weighted by Gasteiger charge is -2.17. The second-order valence-electron chi connectivity index (χ2n) is 6.97. The maximum atomic E-state index is 13.6. The van der Waals surface area contributed by atoms with Gasteiger partial charge in [-0.05, 0) is 29.8 Å². The minimum atomic E-state index is -4.79. The summed E-state index contributed by atoms with van der Waals surface area (Å²) in [4.78, 5) is 37.9. The lowest BCUT2D eigenvalue weighted by molar-refractivity contribution is -0.137. The zero-order chi connectivity index (χ0) is 25.1. The molecule has 0 radical (unpaired) electrons. The maximum absolute atomic E-state index is 13.6. The van der Waals surface area contributed by atoms with Crippen molar-refractivity contribution in [3.63, 3.8) is 0 Å². The fourth-order valence-electron chi connectivity index (χ4n) is 2.91. The number of benzene rings is 2. The molecule has 0 aliphatic carbocycles. The molecule has 0 unspecified atom stereocenters. The molecule has 1 heterocycles. The van der Waals surface area contributed by atoms with Crippen molar-refractivity contribution in [2.45, 2.75) is 12.3 Å². The molecule has 0 saturated carbocycles. The number of nitrogens with zero attached hydrogens (tertiary/aromatic N) is 2. The maximum Gasteiger partial charge on any atom is 0.421 e. The summed E-state index contributed by atoms with van der Waals surface area (Å²) in [5, 5.41) is 7.69. The first-order valence-corrected chi connectivity index (χ1v) is 11.7. The van der Waals surface area contributed by atoms with Crippen LogP contribution in [0.5, 0.6) is 0 Å². The Kier molecular flexibility index (Phi) is 7.47. The Morgan fingerprint density at radius 1 is 1.12 bits per heavy atom. The zero-order valence-corrected chi connectivity index (χ0v) is 19.0. The first kappa shape index (κ1) is 25.4. The van der Waals surface area contributed by atoms with Crippen LogP contribution in [0.25, 0.3) is 0 Å².